The van der Waals surface area contributed by atoms with E-state index in [1.54, 1.807) is 31.2 Å². The Kier molecular flexibility index (Phi) is 8.68. The molecule has 0 radical (unpaired) electrons. The van der Waals surface area contributed by atoms with Crippen LogP contribution in [0.5, 0.6) is 5.75 Å². The fraction of sp³-hybridized carbons (Fsp3) is 0.318. The predicted molar refractivity (Wildman–Crippen MR) is 116 cm³/mol. The smallest absolute Gasteiger partial charge is 0.276 e. The van der Waals surface area contributed by atoms with E-state index in [4.69, 9.17) is 16.3 Å². The van der Waals surface area contributed by atoms with Gasteiger partial charge < -0.3 is 10.1 Å². The third-order valence-corrected chi connectivity index (χ3v) is 4.77. The Morgan fingerprint density at radius 2 is 1.60 bits per heavy atom. The Labute approximate surface area is 181 Å². The van der Waals surface area contributed by atoms with Crippen LogP contribution < -0.4 is 20.9 Å². The quantitative estimate of drug-likeness (QED) is 0.555. The van der Waals surface area contributed by atoms with E-state index in [2.05, 4.69) is 16.2 Å². The second kappa shape index (κ2) is 11.2. The summed E-state index contributed by atoms with van der Waals surface area (Å²) in [7, 11) is 0. The van der Waals surface area contributed by atoms with Gasteiger partial charge in [-0.2, -0.15) is 0 Å². The molecule has 0 aromatic heterocycles. The lowest BCUT2D eigenvalue weighted by molar-refractivity contribution is -0.130. The van der Waals surface area contributed by atoms with E-state index in [0.29, 0.717) is 16.5 Å². The van der Waals surface area contributed by atoms with Crippen molar-refractivity contribution in [1.82, 2.24) is 10.9 Å². The van der Waals surface area contributed by atoms with Gasteiger partial charge in [0, 0.05) is 23.6 Å². The van der Waals surface area contributed by atoms with E-state index in [-0.39, 0.29) is 31.3 Å². The van der Waals surface area contributed by atoms with Gasteiger partial charge in [0.2, 0.25) is 11.8 Å². The van der Waals surface area contributed by atoms with Gasteiger partial charge in [0.15, 0.2) is 6.61 Å². The lowest BCUT2D eigenvalue weighted by atomic mass is 10.0. The average Bonchev–Trinajstić information content (AvgIpc) is 2.72. The monoisotopic (exact) mass is 431 g/mol. The Balaban J connectivity index is 1.71. The van der Waals surface area contributed by atoms with Crippen LogP contribution >= 0.6 is 11.6 Å². The average molecular weight is 432 g/mol. The molecule has 2 rings (SSSR count). The molecule has 0 saturated heterocycles. The van der Waals surface area contributed by atoms with E-state index in [9.17, 15) is 14.4 Å². The van der Waals surface area contributed by atoms with Crippen LogP contribution in [-0.2, 0) is 14.4 Å². The van der Waals surface area contributed by atoms with Crippen molar-refractivity contribution < 1.29 is 19.1 Å². The molecule has 3 amide bonds. The number of nitrogens with one attached hydrogen (secondary N) is 3. The van der Waals surface area contributed by atoms with Gasteiger partial charge in [0.05, 0.1) is 0 Å². The summed E-state index contributed by atoms with van der Waals surface area (Å²) in [6.07, 6.45) is -0.116. The van der Waals surface area contributed by atoms with Gasteiger partial charge in [-0.1, -0.05) is 49.7 Å². The molecule has 0 bridgehead atoms. The predicted octanol–water partition coefficient (Wildman–Crippen LogP) is 3.72. The zero-order valence-corrected chi connectivity index (χ0v) is 18.0. The maximum atomic E-state index is 12.0. The summed E-state index contributed by atoms with van der Waals surface area (Å²) in [6.45, 7) is 5.62. The molecule has 30 heavy (non-hydrogen) atoms. The molecular weight excluding hydrogens is 406 g/mol. The highest BCUT2D eigenvalue weighted by molar-refractivity contribution is 6.31. The molecule has 8 heteroatoms. The number of ether oxygens (including phenoxy) is 1. The summed E-state index contributed by atoms with van der Waals surface area (Å²) < 4.78 is 5.54. The maximum absolute atomic E-state index is 12.0. The van der Waals surface area contributed by atoms with E-state index < -0.39 is 11.8 Å². The molecule has 0 heterocycles. The number of halogens is 1. The van der Waals surface area contributed by atoms with E-state index in [1.807, 2.05) is 32.0 Å². The molecule has 0 aliphatic heterocycles. The number of para-hydroxylation sites is 1. The van der Waals surface area contributed by atoms with Crippen LogP contribution in [0.1, 0.15) is 43.7 Å². The molecular formula is C22H26ClN3O4. The minimum atomic E-state index is -0.499. The first-order valence-electron chi connectivity index (χ1n) is 9.62. The lowest BCUT2D eigenvalue weighted by Crippen LogP contribution is -2.44. The molecule has 0 fully saturated rings. The van der Waals surface area contributed by atoms with Crippen molar-refractivity contribution in [1.29, 1.82) is 0 Å². The summed E-state index contributed by atoms with van der Waals surface area (Å²) in [5, 5.41) is 3.26. The molecule has 0 aliphatic carbocycles. The second-order valence-electron chi connectivity index (χ2n) is 7.04. The largest absolute Gasteiger partial charge is 0.483 e. The van der Waals surface area contributed by atoms with Gasteiger partial charge in [-0.25, -0.2) is 0 Å². The molecule has 0 unspecified atom stereocenters. The molecule has 2 aromatic carbocycles. The number of amides is 3. The first kappa shape index (κ1) is 23.2. The highest BCUT2D eigenvalue weighted by atomic mass is 35.5. The number of carbonyl (C=O) groups is 3. The molecule has 2 aromatic rings. The van der Waals surface area contributed by atoms with Crippen LogP contribution in [-0.4, -0.2) is 24.3 Å². The van der Waals surface area contributed by atoms with Gasteiger partial charge in [-0.15, -0.1) is 0 Å². The van der Waals surface area contributed by atoms with Gasteiger partial charge in [0.1, 0.15) is 5.75 Å². The van der Waals surface area contributed by atoms with Crippen LogP contribution in [0.3, 0.4) is 0 Å². The highest BCUT2D eigenvalue weighted by Gasteiger charge is 2.12. The van der Waals surface area contributed by atoms with E-state index in [0.717, 1.165) is 11.1 Å². The summed E-state index contributed by atoms with van der Waals surface area (Å²) in [4.78, 5) is 35.8. The van der Waals surface area contributed by atoms with Crippen molar-refractivity contribution in [3.05, 3.63) is 58.6 Å². The van der Waals surface area contributed by atoms with Crippen molar-refractivity contribution in [2.24, 2.45) is 0 Å². The SMILES string of the molecule is Cc1c(Cl)cccc1NC(=O)CCC(=O)NNC(=O)COc1ccccc1C(C)C. The first-order valence-corrected chi connectivity index (χ1v) is 10.00. The van der Waals surface area contributed by atoms with Crippen molar-refractivity contribution in [2.75, 3.05) is 11.9 Å². The Morgan fingerprint density at radius 3 is 2.33 bits per heavy atom. The van der Waals surface area contributed by atoms with Crippen molar-refractivity contribution in [3.63, 3.8) is 0 Å². The molecule has 0 atom stereocenters. The van der Waals surface area contributed by atoms with Gasteiger partial charge in [-0.05, 0) is 42.2 Å². The van der Waals surface area contributed by atoms with Crippen LogP contribution in [0.25, 0.3) is 0 Å². The molecule has 7 nitrogen and oxygen atoms in total. The molecule has 160 valence electrons. The minimum absolute atomic E-state index is 0.0358. The fourth-order valence-electron chi connectivity index (χ4n) is 2.65. The van der Waals surface area contributed by atoms with Crippen LogP contribution in [0, 0.1) is 6.92 Å². The number of carbonyl (C=O) groups excluding carboxylic acids is 3. The van der Waals surface area contributed by atoms with Gasteiger partial charge >= 0.3 is 0 Å². The number of benzene rings is 2. The van der Waals surface area contributed by atoms with Crippen molar-refractivity contribution >= 4 is 35.0 Å². The number of hydrogen-bond acceptors (Lipinski definition) is 4. The van der Waals surface area contributed by atoms with Gasteiger partial charge in [0.25, 0.3) is 5.91 Å². The number of hydrogen-bond donors (Lipinski definition) is 3. The summed E-state index contributed by atoms with van der Waals surface area (Å²) in [5.41, 5.74) is 6.90. The maximum Gasteiger partial charge on any atom is 0.276 e. The summed E-state index contributed by atoms with van der Waals surface area (Å²) in [5.74, 6) is -0.423. The topological polar surface area (TPSA) is 96.5 Å². The van der Waals surface area contributed by atoms with Crippen molar-refractivity contribution in [3.8, 4) is 5.75 Å². The highest BCUT2D eigenvalue weighted by Crippen LogP contribution is 2.25. The zero-order valence-electron chi connectivity index (χ0n) is 17.3. The zero-order chi connectivity index (χ0) is 22.1. The molecule has 0 aliphatic rings. The van der Waals surface area contributed by atoms with E-state index >= 15 is 0 Å². The normalized spacial score (nSPS) is 10.4. The number of anilines is 1. The summed E-state index contributed by atoms with van der Waals surface area (Å²) in [6, 6.07) is 12.7. The van der Waals surface area contributed by atoms with Crippen LogP contribution in [0.4, 0.5) is 5.69 Å². The van der Waals surface area contributed by atoms with Crippen LogP contribution in [0.15, 0.2) is 42.5 Å². The van der Waals surface area contributed by atoms with Crippen molar-refractivity contribution in [2.45, 2.75) is 39.5 Å². The molecule has 3 N–H and O–H groups in total. The fourth-order valence-corrected chi connectivity index (χ4v) is 2.83. The van der Waals surface area contributed by atoms with E-state index in [1.165, 1.54) is 0 Å². The standard InChI is InChI=1S/C22H26ClN3O4/c1-14(2)16-7-4-5-10-19(16)30-13-22(29)26-25-21(28)12-11-20(27)24-18-9-6-8-17(23)15(18)3/h4-10,14H,11-13H2,1-3H3,(H,24,27)(H,25,28)(H,26,29). The summed E-state index contributed by atoms with van der Waals surface area (Å²) >= 11 is 6.02. The number of hydrazine groups is 1. The molecule has 0 saturated carbocycles. The third-order valence-electron chi connectivity index (χ3n) is 4.36. The second-order valence-corrected chi connectivity index (χ2v) is 7.45. The number of rotatable bonds is 8. The lowest BCUT2D eigenvalue weighted by Gasteiger charge is -2.14. The minimum Gasteiger partial charge on any atom is -0.483 e. The van der Waals surface area contributed by atoms with Crippen LogP contribution in [0.2, 0.25) is 5.02 Å². The Morgan fingerprint density at radius 1 is 0.933 bits per heavy atom. The molecule has 0 spiro atoms. The third kappa shape index (κ3) is 7.08. The Hall–Kier alpha value is -3.06. The van der Waals surface area contributed by atoms with Gasteiger partial charge in [-0.3, -0.25) is 25.2 Å². The first-order chi connectivity index (χ1) is 14.3. The Bertz CT molecular complexity index is 915.